The summed E-state index contributed by atoms with van der Waals surface area (Å²) >= 11 is 0. The minimum Gasteiger partial charge on any atom is -0.377 e. The Bertz CT molecular complexity index is 1260. The fourth-order valence-corrected chi connectivity index (χ4v) is 7.47. The van der Waals surface area contributed by atoms with Crippen LogP contribution >= 0.6 is 0 Å². The van der Waals surface area contributed by atoms with Crippen molar-refractivity contribution in [2.24, 2.45) is 17.3 Å². The summed E-state index contributed by atoms with van der Waals surface area (Å²) in [6.07, 6.45) is -0.512. The molecule has 1 aromatic rings. The van der Waals surface area contributed by atoms with Crippen LogP contribution in [0.2, 0.25) is 0 Å². The van der Waals surface area contributed by atoms with Gasteiger partial charge in [0.15, 0.2) is 5.78 Å². The molecule has 2 fully saturated rings. The number of halogens is 5. The lowest BCUT2D eigenvalue weighted by atomic mass is 9.51. The van der Waals surface area contributed by atoms with Crippen molar-refractivity contribution in [3.63, 3.8) is 0 Å². The Morgan fingerprint density at radius 3 is 2.38 bits per heavy atom. The number of hydrogen-bond donors (Lipinski definition) is 1. The van der Waals surface area contributed by atoms with Gasteiger partial charge in [-0.3, -0.25) is 4.79 Å². The van der Waals surface area contributed by atoms with Gasteiger partial charge in [-0.25, -0.2) is 8.78 Å². The number of carbonyl (C=O) groups excluding carboxylic acids is 1. The van der Waals surface area contributed by atoms with E-state index in [0.29, 0.717) is 37.8 Å². The van der Waals surface area contributed by atoms with Gasteiger partial charge in [0.25, 0.3) is 0 Å². The molecule has 1 N–H and O–H groups in total. The molecule has 3 nitrogen and oxygen atoms in total. The maximum atomic E-state index is 15.7. The zero-order valence-corrected chi connectivity index (χ0v) is 21.1. The van der Waals surface area contributed by atoms with E-state index in [-0.39, 0.29) is 36.0 Å². The molecular weight excluding hydrogens is 489 g/mol. The summed E-state index contributed by atoms with van der Waals surface area (Å²) in [7, 11) is 3.35. The molecule has 5 rings (SSSR count). The van der Waals surface area contributed by atoms with E-state index >= 15 is 8.78 Å². The van der Waals surface area contributed by atoms with E-state index < -0.39 is 34.7 Å². The summed E-state index contributed by atoms with van der Waals surface area (Å²) in [4.78, 5) is 13.7. The van der Waals surface area contributed by atoms with Crippen LogP contribution in [0.25, 0.3) is 0 Å². The Kier molecular flexibility index (Phi) is 6.10. The lowest BCUT2D eigenvalue weighted by molar-refractivity contribution is -0.114. The van der Waals surface area contributed by atoms with Crippen molar-refractivity contribution in [1.82, 2.24) is 0 Å². The fraction of sp³-hybridized carbons (Fsp3) is 0.552. The number of benzene rings is 1. The number of nitrogens with zero attached hydrogens (tertiary/aromatic N) is 1. The molecule has 1 aromatic carbocycles. The van der Waals surface area contributed by atoms with Crippen molar-refractivity contribution in [3.05, 3.63) is 52.1 Å². The van der Waals surface area contributed by atoms with Gasteiger partial charge in [0.05, 0.1) is 0 Å². The molecule has 0 unspecified atom stereocenters. The molecule has 0 bridgehead atoms. The third-order valence-electron chi connectivity index (χ3n) is 9.23. The van der Waals surface area contributed by atoms with Crippen molar-refractivity contribution in [2.45, 2.75) is 69.6 Å². The topological polar surface area (TPSA) is 40.5 Å². The number of alkyl halides is 3. The minimum atomic E-state index is -4.76. The van der Waals surface area contributed by atoms with Gasteiger partial charge in [-0.2, -0.15) is 13.2 Å². The van der Waals surface area contributed by atoms with Crippen LogP contribution in [0.5, 0.6) is 0 Å². The van der Waals surface area contributed by atoms with E-state index in [1.165, 1.54) is 18.1 Å². The molecule has 0 aliphatic heterocycles. The van der Waals surface area contributed by atoms with Crippen molar-refractivity contribution in [3.8, 4) is 11.8 Å². The Morgan fingerprint density at radius 1 is 1.08 bits per heavy atom. The molecule has 5 atom stereocenters. The van der Waals surface area contributed by atoms with Gasteiger partial charge < -0.3 is 10.0 Å². The van der Waals surface area contributed by atoms with E-state index in [4.69, 9.17) is 0 Å². The highest BCUT2D eigenvalue weighted by atomic mass is 19.4. The van der Waals surface area contributed by atoms with Crippen molar-refractivity contribution >= 4 is 11.5 Å². The second-order valence-electron chi connectivity index (χ2n) is 11.4. The first kappa shape index (κ1) is 26.0. The van der Waals surface area contributed by atoms with E-state index in [9.17, 15) is 23.1 Å². The normalized spacial score (nSPS) is 33.2. The number of anilines is 1. The predicted molar refractivity (Wildman–Crippen MR) is 130 cm³/mol. The predicted octanol–water partition coefficient (Wildman–Crippen LogP) is 6.23. The first-order valence-corrected chi connectivity index (χ1v) is 12.7. The summed E-state index contributed by atoms with van der Waals surface area (Å²) < 4.78 is 70.4. The standard InChI is InChI=1S/C29H30F5NO2/c1-27-15-21(26-23(30)13-17(35(2)3)14-24(26)31)25-19-7-5-18(36)12-16(19)4-6-20(25)22(27)8-9-28(27,37)10-11-29(32,33)34/h12-14,20-22,37H,4-9,15H2,1-3H3/t20-,21-,22-,27-,28+/m0/s1. The van der Waals surface area contributed by atoms with Gasteiger partial charge in [-0.05, 0) is 79.7 Å². The largest absolute Gasteiger partial charge is 0.457 e. The summed E-state index contributed by atoms with van der Waals surface area (Å²) in [6, 6.07) is 2.53. The second-order valence-corrected chi connectivity index (χ2v) is 11.4. The van der Waals surface area contributed by atoms with Crippen molar-refractivity contribution in [1.29, 1.82) is 0 Å². The Balaban J connectivity index is 1.71. The number of aliphatic hydroxyl groups is 1. The molecule has 0 aromatic heterocycles. The van der Waals surface area contributed by atoms with Gasteiger partial charge in [0, 0.05) is 49.0 Å². The maximum Gasteiger partial charge on any atom is 0.457 e. The van der Waals surface area contributed by atoms with Crippen molar-refractivity contribution in [2.75, 3.05) is 19.0 Å². The van der Waals surface area contributed by atoms with Gasteiger partial charge in [-0.1, -0.05) is 18.4 Å². The SMILES string of the molecule is CN(C)c1cc(F)c([C@H]2C[C@@]3(C)[C@@H](CC[C@@]3(O)C#CC(F)(F)F)[C@@H]3CCC4=CC(=O)CCC4=C32)c(F)c1. The highest BCUT2D eigenvalue weighted by molar-refractivity contribution is 5.93. The van der Waals surface area contributed by atoms with Gasteiger partial charge in [0.2, 0.25) is 0 Å². The number of carbonyl (C=O) groups is 1. The molecule has 0 spiro atoms. The molecule has 198 valence electrons. The number of hydrogen-bond acceptors (Lipinski definition) is 3. The van der Waals surface area contributed by atoms with Crippen LogP contribution in [0.3, 0.4) is 0 Å². The highest BCUT2D eigenvalue weighted by Crippen LogP contribution is 2.67. The zero-order valence-electron chi connectivity index (χ0n) is 21.1. The van der Waals surface area contributed by atoms with Gasteiger partial charge in [0.1, 0.15) is 17.2 Å². The third-order valence-corrected chi connectivity index (χ3v) is 9.23. The molecule has 4 aliphatic carbocycles. The minimum absolute atomic E-state index is 0.0281. The van der Waals surface area contributed by atoms with E-state index in [2.05, 4.69) is 5.92 Å². The molecule has 0 saturated heterocycles. The van der Waals surface area contributed by atoms with E-state index in [1.54, 1.807) is 32.0 Å². The fourth-order valence-electron chi connectivity index (χ4n) is 7.47. The van der Waals surface area contributed by atoms with Crippen LogP contribution in [-0.2, 0) is 4.79 Å². The summed E-state index contributed by atoms with van der Waals surface area (Å²) in [5, 5.41) is 11.5. The number of ketones is 1. The molecular formula is C29H30F5NO2. The monoisotopic (exact) mass is 519 g/mol. The van der Waals surface area contributed by atoms with Crippen LogP contribution in [0.4, 0.5) is 27.6 Å². The average Bonchev–Trinajstić information content (AvgIpc) is 3.07. The quantitative estimate of drug-likeness (QED) is 0.372. The van der Waals surface area contributed by atoms with Crippen LogP contribution in [0.15, 0.2) is 34.9 Å². The highest BCUT2D eigenvalue weighted by Gasteiger charge is 2.63. The molecule has 37 heavy (non-hydrogen) atoms. The zero-order chi connectivity index (χ0) is 26.9. The maximum absolute atomic E-state index is 15.7. The lowest BCUT2D eigenvalue weighted by Crippen LogP contribution is -2.51. The van der Waals surface area contributed by atoms with Crippen molar-refractivity contribution < 1.29 is 31.9 Å². The summed E-state index contributed by atoms with van der Waals surface area (Å²) in [6.45, 7) is 1.73. The lowest BCUT2D eigenvalue weighted by Gasteiger charge is -2.53. The van der Waals surface area contributed by atoms with E-state index in [1.807, 2.05) is 0 Å². The molecule has 0 heterocycles. The van der Waals surface area contributed by atoms with Gasteiger partial charge >= 0.3 is 6.18 Å². The van der Waals surface area contributed by atoms with Crippen LogP contribution < -0.4 is 4.90 Å². The number of allylic oxidation sites excluding steroid dienone is 4. The second kappa shape index (κ2) is 8.69. The summed E-state index contributed by atoms with van der Waals surface area (Å²) in [5.41, 5.74) is -0.0764. The average molecular weight is 520 g/mol. The Labute approximate surface area is 213 Å². The summed E-state index contributed by atoms with van der Waals surface area (Å²) in [5.74, 6) is 0.833. The Hall–Kier alpha value is -2.66. The Morgan fingerprint density at radius 2 is 1.76 bits per heavy atom. The van der Waals surface area contributed by atoms with Crippen LogP contribution in [-0.4, -0.2) is 36.8 Å². The van der Waals surface area contributed by atoms with Crippen LogP contribution in [0, 0.1) is 40.7 Å². The molecule has 2 saturated carbocycles. The smallest absolute Gasteiger partial charge is 0.377 e. The molecule has 0 radical (unpaired) electrons. The number of fused-ring (bicyclic) bond motifs is 4. The number of rotatable bonds is 2. The first-order valence-electron chi connectivity index (χ1n) is 12.7. The first-order chi connectivity index (χ1) is 17.2. The van der Waals surface area contributed by atoms with Crippen LogP contribution in [0.1, 0.15) is 63.4 Å². The molecule has 8 heteroatoms. The van der Waals surface area contributed by atoms with Gasteiger partial charge in [-0.15, -0.1) is 0 Å². The third kappa shape index (κ3) is 4.20. The molecule has 4 aliphatic rings. The van der Waals surface area contributed by atoms with E-state index in [0.717, 1.165) is 16.7 Å². The molecule has 0 amide bonds.